The van der Waals surface area contributed by atoms with Crippen molar-refractivity contribution in [2.24, 2.45) is 16.3 Å². The molecule has 0 aromatic rings. The predicted molar refractivity (Wildman–Crippen MR) is 77.7 cm³/mol. The standard InChI is InChI=1S/C14H24N4O3/c1-18(9-11(19)16-10-5-6-10)13(20)14(12(15)17-21)7-3-2-4-8-14/h10,21H,2-9H2,1H3,(H2,15,17)(H,16,19). The van der Waals surface area contributed by atoms with Crippen LogP contribution in [0.15, 0.2) is 5.16 Å². The molecule has 2 amide bonds. The number of nitrogens with two attached hydrogens (primary N) is 1. The molecular formula is C14H24N4O3. The molecule has 0 aromatic carbocycles. The minimum Gasteiger partial charge on any atom is -0.409 e. The second-order valence-electron chi connectivity index (χ2n) is 6.13. The Kier molecular flexibility index (Phi) is 4.69. The monoisotopic (exact) mass is 296 g/mol. The first-order valence-corrected chi connectivity index (χ1v) is 7.52. The highest BCUT2D eigenvalue weighted by atomic mass is 16.4. The summed E-state index contributed by atoms with van der Waals surface area (Å²) in [5.41, 5.74) is 4.84. The van der Waals surface area contributed by atoms with Crippen molar-refractivity contribution >= 4 is 17.6 Å². The van der Waals surface area contributed by atoms with E-state index < -0.39 is 5.41 Å². The van der Waals surface area contributed by atoms with Gasteiger partial charge in [-0.15, -0.1) is 0 Å². The molecule has 118 valence electrons. The number of carbonyl (C=O) groups is 2. The molecule has 0 bridgehead atoms. The molecule has 21 heavy (non-hydrogen) atoms. The van der Waals surface area contributed by atoms with Gasteiger partial charge in [0.1, 0.15) is 5.41 Å². The number of hydrogen-bond acceptors (Lipinski definition) is 4. The molecule has 0 unspecified atom stereocenters. The number of hydrogen-bond donors (Lipinski definition) is 3. The van der Waals surface area contributed by atoms with Gasteiger partial charge in [-0.1, -0.05) is 24.4 Å². The van der Waals surface area contributed by atoms with Crippen LogP contribution in [0.5, 0.6) is 0 Å². The fraction of sp³-hybridized carbons (Fsp3) is 0.786. The Morgan fingerprint density at radius 2 is 1.95 bits per heavy atom. The van der Waals surface area contributed by atoms with Crippen molar-refractivity contribution in [2.75, 3.05) is 13.6 Å². The number of carbonyl (C=O) groups excluding carboxylic acids is 2. The fourth-order valence-corrected chi connectivity index (χ4v) is 2.98. The largest absolute Gasteiger partial charge is 0.409 e. The number of oxime groups is 1. The molecule has 0 spiro atoms. The fourth-order valence-electron chi connectivity index (χ4n) is 2.98. The lowest BCUT2D eigenvalue weighted by atomic mass is 9.72. The van der Waals surface area contributed by atoms with Crippen LogP contribution in [-0.4, -0.2) is 47.4 Å². The molecule has 7 nitrogen and oxygen atoms in total. The summed E-state index contributed by atoms with van der Waals surface area (Å²) in [6, 6.07) is 0.272. The Hall–Kier alpha value is -1.79. The van der Waals surface area contributed by atoms with Crippen molar-refractivity contribution in [2.45, 2.75) is 51.0 Å². The maximum atomic E-state index is 12.7. The maximum absolute atomic E-state index is 12.7. The lowest BCUT2D eigenvalue weighted by Crippen LogP contribution is -2.53. The van der Waals surface area contributed by atoms with E-state index in [4.69, 9.17) is 10.9 Å². The Bertz CT molecular complexity index is 440. The third kappa shape index (κ3) is 3.46. The van der Waals surface area contributed by atoms with Crippen LogP contribution in [0.3, 0.4) is 0 Å². The van der Waals surface area contributed by atoms with Crippen LogP contribution in [0.25, 0.3) is 0 Å². The highest BCUT2D eigenvalue weighted by Crippen LogP contribution is 2.38. The zero-order valence-corrected chi connectivity index (χ0v) is 12.5. The van der Waals surface area contributed by atoms with Crippen LogP contribution in [0.2, 0.25) is 0 Å². The average molecular weight is 296 g/mol. The van der Waals surface area contributed by atoms with Gasteiger partial charge in [-0.05, 0) is 25.7 Å². The summed E-state index contributed by atoms with van der Waals surface area (Å²) in [6.07, 6.45) is 5.93. The number of likely N-dealkylation sites (N-methyl/N-ethyl adjacent to an activating group) is 1. The molecule has 2 aliphatic carbocycles. The molecule has 2 saturated carbocycles. The second kappa shape index (κ2) is 6.32. The maximum Gasteiger partial charge on any atom is 0.239 e. The number of rotatable bonds is 5. The van der Waals surface area contributed by atoms with Gasteiger partial charge >= 0.3 is 0 Å². The van der Waals surface area contributed by atoms with E-state index in [9.17, 15) is 9.59 Å². The van der Waals surface area contributed by atoms with Gasteiger partial charge in [0.2, 0.25) is 11.8 Å². The number of amidine groups is 1. The molecule has 0 aromatic heterocycles. The molecule has 0 atom stereocenters. The highest BCUT2D eigenvalue weighted by Gasteiger charge is 2.45. The molecule has 2 aliphatic rings. The summed E-state index contributed by atoms with van der Waals surface area (Å²) in [6.45, 7) is 0.00971. The van der Waals surface area contributed by atoms with Crippen molar-refractivity contribution in [3.05, 3.63) is 0 Å². The Morgan fingerprint density at radius 3 is 2.48 bits per heavy atom. The second-order valence-corrected chi connectivity index (χ2v) is 6.13. The quantitative estimate of drug-likeness (QED) is 0.296. The zero-order chi connectivity index (χ0) is 15.5. The third-order valence-corrected chi connectivity index (χ3v) is 4.38. The molecular weight excluding hydrogens is 272 g/mol. The van der Waals surface area contributed by atoms with Gasteiger partial charge in [0.15, 0.2) is 5.84 Å². The van der Waals surface area contributed by atoms with E-state index in [0.717, 1.165) is 32.1 Å². The molecule has 2 fully saturated rings. The summed E-state index contributed by atoms with van der Waals surface area (Å²) >= 11 is 0. The van der Waals surface area contributed by atoms with Crippen LogP contribution in [0, 0.1) is 5.41 Å². The van der Waals surface area contributed by atoms with Gasteiger partial charge in [0, 0.05) is 13.1 Å². The lowest BCUT2D eigenvalue weighted by molar-refractivity contribution is -0.141. The zero-order valence-electron chi connectivity index (χ0n) is 12.5. The van der Waals surface area contributed by atoms with Crippen LogP contribution >= 0.6 is 0 Å². The summed E-state index contributed by atoms with van der Waals surface area (Å²) in [5, 5.41) is 14.9. The first kappa shape index (κ1) is 15.6. The third-order valence-electron chi connectivity index (χ3n) is 4.38. The minimum absolute atomic E-state index is 0.00971. The van der Waals surface area contributed by atoms with Crippen molar-refractivity contribution in [3.63, 3.8) is 0 Å². The summed E-state index contributed by atoms with van der Waals surface area (Å²) in [5.74, 6) is -0.427. The average Bonchev–Trinajstić information content (AvgIpc) is 3.29. The predicted octanol–water partition coefficient (Wildman–Crippen LogP) is 0.420. The van der Waals surface area contributed by atoms with Crippen molar-refractivity contribution in [1.29, 1.82) is 0 Å². The number of amides is 2. The highest BCUT2D eigenvalue weighted by molar-refractivity contribution is 6.07. The van der Waals surface area contributed by atoms with Gasteiger partial charge in [0.25, 0.3) is 0 Å². The van der Waals surface area contributed by atoms with Crippen LogP contribution < -0.4 is 11.1 Å². The van der Waals surface area contributed by atoms with Crippen molar-refractivity contribution < 1.29 is 14.8 Å². The first-order valence-electron chi connectivity index (χ1n) is 7.52. The summed E-state index contributed by atoms with van der Waals surface area (Å²) < 4.78 is 0. The first-order chi connectivity index (χ1) is 9.99. The van der Waals surface area contributed by atoms with E-state index in [-0.39, 0.29) is 30.2 Å². The van der Waals surface area contributed by atoms with Gasteiger partial charge in [-0.2, -0.15) is 0 Å². The normalized spacial score (nSPS) is 21.7. The van der Waals surface area contributed by atoms with E-state index in [1.54, 1.807) is 7.05 Å². The van der Waals surface area contributed by atoms with Crippen LogP contribution in [0.4, 0.5) is 0 Å². The van der Waals surface area contributed by atoms with Crippen LogP contribution in [-0.2, 0) is 9.59 Å². The summed E-state index contributed by atoms with van der Waals surface area (Å²) in [7, 11) is 1.59. The Balaban J connectivity index is 2.04. The number of nitrogens with zero attached hydrogens (tertiary/aromatic N) is 2. The van der Waals surface area contributed by atoms with E-state index in [1.165, 1.54) is 4.90 Å². The summed E-state index contributed by atoms with van der Waals surface area (Å²) in [4.78, 5) is 25.9. The van der Waals surface area contributed by atoms with Crippen molar-refractivity contribution in [3.8, 4) is 0 Å². The molecule has 2 rings (SSSR count). The van der Waals surface area contributed by atoms with Gasteiger partial charge in [-0.3, -0.25) is 9.59 Å². The number of nitrogens with one attached hydrogen (secondary N) is 1. The molecule has 0 radical (unpaired) electrons. The van der Waals surface area contributed by atoms with Gasteiger partial charge in [-0.25, -0.2) is 0 Å². The topological polar surface area (TPSA) is 108 Å². The van der Waals surface area contributed by atoms with Crippen LogP contribution in [0.1, 0.15) is 44.9 Å². The van der Waals surface area contributed by atoms with E-state index in [0.29, 0.717) is 12.8 Å². The molecule has 4 N–H and O–H groups in total. The lowest BCUT2D eigenvalue weighted by Gasteiger charge is -2.37. The van der Waals surface area contributed by atoms with Crippen molar-refractivity contribution in [1.82, 2.24) is 10.2 Å². The Labute approximate surface area is 124 Å². The molecule has 0 heterocycles. The molecule has 0 saturated heterocycles. The van der Waals surface area contributed by atoms with E-state index >= 15 is 0 Å². The van der Waals surface area contributed by atoms with E-state index in [2.05, 4.69) is 10.5 Å². The molecule has 0 aliphatic heterocycles. The smallest absolute Gasteiger partial charge is 0.239 e. The minimum atomic E-state index is -0.957. The van der Waals surface area contributed by atoms with Gasteiger partial charge < -0.3 is 21.2 Å². The SMILES string of the molecule is CN(CC(=O)NC1CC1)C(=O)C1(C(N)=NO)CCCCC1. The van der Waals surface area contributed by atoms with E-state index in [1.807, 2.05) is 0 Å². The van der Waals surface area contributed by atoms with Gasteiger partial charge in [0.05, 0.1) is 6.54 Å². The molecule has 7 heteroatoms. The Morgan fingerprint density at radius 1 is 1.33 bits per heavy atom.